The van der Waals surface area contributed by atoms with Crippen molar-refractivity contribution in [3.05, 3.63) is 64.1 Å². The average molecular weight is 305 g/mol. The number of benzene rings is 2. The maximum absolute atomic E-state index is 5.75. The van der Waals surface area contributed by atoms with Crippen LogP contribution < -0.4 is 4.74 Å². The molecule has 0 aromatic heterocycles. The molecule has 2 aromatic rings. The molecule has 0 amide bonds. The Hall–Kier alpha value is -1.32. The summed E-state index contributed by atoms with van der Waals surface area (Å²) in [6, 6.07) is 16.3. The lowest BCUT2D eigenvalue weighted by atomic mass is 10.0. The lowest BCUT2D eigenvalue weighted by Crippen LogP contribution is -1.86. The van der Waals surface area contributed by atoms with Gasteiger partial charge in [-0.3, -0.25) is 0 Å². The maximum atomic E-state index is 5.75. The number of methoxy groups -OCH3 is 1. The van der Waals surface area contributed by atoms with Crippen LogP contribution in [0.4, 0.5) is 0 Å². The number of rotatable bonds is 3. The molecule has 1 fully saturated rings. The van der Waals surface area contributed by atoms with E-state index in [0.29, 0.717) is 0 Å². The van der Waals surface area contributed by atoms with Gasteiger partial charge in [-0.1, -0.05) is 40.2 Å². The van der Waals surface area contributed by atoms with Crippen LogP contribution in [0.3, 0.4) is 0 Å². The molecule has 0 N–H and O–H groups in total. The molecule has 1 saturated heterocycles. The summed E-state index contributed by atoms with van der Waals surface area (Å²) in [6.07, 6.45) is 0.364. The third kappa shape index (κ3) is 2.28. The highest BCUT2D eigenvalue weighted by Crippen LogP contribution is 2.51. The van der Waals surface area contributed by atoms with Crippen LogP contribution in [-0.2, 0) is 4.74 Å². The number of halogens is 1. The van der Waals surface area contributed by atoms with Gasteiger partial charge in [0.25, 0.3) is 0 Å². The monoisotopic (exact) mass is 304 g/mol. The lowest BCUT2D eigenvalue weighted by molar-refractivity contribution is 0.377. The van der Waals surface area contributed by atoms with Crippen LogP contribution in [0.5, 0.6) is 5.75 Å². The Kier molecular flexibility index (Phi) is 3.10. The number of ether oxygens (including phenoxy) is 2. The SMILES string of the molecule is COc1ccc(C2OC2c2ccc(Br)cc2)cc1. The molecule has 2 nitrogen and oxygen atoms in total. The van der Waals surface area contributed by atoms with Gasteiger partial charge < -0.3 is 9.47 Å². The van der Waals surface area contributed by atoms with E-state index in [1.54, 1.807) is 7.11 Å². The maximum Gasteiger partial charge on any atom is 0.118 e. The first kappa shape index (κ1) is 11.8. The van der Waals surface area contributed by atoms with Gasteiger partial charge >= 0.3 is 0 Å². The Balaban J connectivity index is 1.74. The molecule has 1 aliphatic rings. The topological polar surface area (TPSA) is 21.8 Å². The highest BCUT2D eigenvalue weighted by atomic mass is 79.9. The van der Waals surface area contributed by atoms with Crippen molar-refractivity contribution in [2.75, 3.05) is 7.11 Å². The molecule has 1 heterocycles. The van der Waals surface area contributed by atoms with E-state index in [1.807, 2.05) is 24.3 Å². The van der Waals surface area contributed by atoms with Gasteiger partial charge in [0.15, 0.2) is 0 Å². The van der Waals surface area contributed by atoms with Crippen LogP contribution in [0.2, 0.25) is 0 Å². The minimum atomic E-state index is 0.178. The Bertz CT molecular complexity index is 533. The summed E-state index contributed by atoms with van der Waals surface area (Å²) in [4.78, 5) is 0. The molecule has 2 unspecified atom stereocenters. The van der Waals surface area contributed by atoms with Crippen LogP contribution in [-0.4, -0.2) is 7.11 Å². The summed E-state index contributed by atoms with van der Waals surface area (Å²) >= 11 is 3.44. The molecule has 0 spiro atoms. The minimum Gasteiger partial charge on any atom is -0.497 e. The molecular weight excluding hydrogens is 292 g/mol. The third-order valence-corrected chi connectivity index (χ3v) is 3.66. The second-order valence-corrected chi connectivity index (χ2v) is 5.22. The van der Waals surface area contributed by atoms with Gasteiger partial charge in [-0.25, -0.2) is 0 Å². The first-order valence-corrected chi connectivity index (χ1v) is 6.62. The zero-order valence-electron chi connectivity index (χ0n) is 9.97. The Morgan fingerprint density at radius 3 is 1.89 bits per heavy atom. The molecule has 0 radical (unpaired) electrons. The zero-order chi connectivity index (χ0) is 12.5. The van der Waals surface area contributed by atoms with Gasteiger partial charge in [0.1, 0.15) is 18.0 Å². The van der Waals surface area contributed by atoms with Crippen molar-refractivity contribution in [1.29, 1.82) is 0 Å². The van der Waals surface area contributed by atoms with E-state index in [0.717, 1.165) is 10.2 Å². The van der Waals surface area contributed by atoms with Crippen molar-refractivity contribution in [3.8, 4) is 5.75 Å². The average Bonchev–Trinajstić information content (AvgIpc) is 3.20. The van der Waals surface area contributed by atoms with Crippen molar-refractivity contribution in [2.45, 2.75) is 12.2 Å². The third-order valence-electron chi connectivity index (χ3n) is 3.13. The quantitative estimate of drug-likeness (QED) is 0.790. The van der Waals surface area contributed by atoms with Crippen molar-refractivity contribution < 1.29 is 9.47 Å². The molecule has 1 aliphatic heterocycles. The van der Waals surface area contributed by atoms with E-state index >= 15 is 0 Å². The van der Waals surface area contributed by atoms with Gasteiger partial charge in [-0.05, 0) is 35.4 Å². The Morgan fingerprint density at radius 2 is 1.39 bits per heavy atom. The lowest BCUT2D eigenvalue weighted by Gasteiger charge is -2.00. The van der Waals surface area contributed by atoms with E-state index in [-0.39, 0.29) is 12.2 Å². The first-order chi connectivity index (χ1) is 8.78. The molecule has 92 valence electrons. The minimum absolute atomic E-state index is 0.178. The van der Waals surface area contributed by atoms with Gasteiger partial charge in [0.2, 0.25) is 0 Å². The van der Waals surface area contributed by atoms with E-state index in [2.05, 4.69) is 40.2 Å². The Labute approximate surface area is 115 Å². The highest BCUT2D eigenvalue weighted by Gasteiger charge is 2.41. The second kappa shape index (κ2) is 4.75. The molecule has 0 saturated carbocycles. The fraction of sp³-hybridized carbons (Fsp3) is 0.200. The van der Waals surface area contributed by atoms with E-state index < -0.39 is 0 Å². The summed E-state index contributed by atoms with van der Waals surface area (Å²) in [5.41, 5.74) is 2.42. The molecule has 18 heavy (non-hydrogen) atoms. The van der Waals surface area contributed by atoms with Crippen molar-refractivity contribution in [1.82, 2.24) is 0 Å². The summed E-state index contributed by atoms with van der Waals surface area (Å²) in [6.45, 7) is 0. The van der Waals surface area contributed by atoms with Crippen LogP contribution in [0.15, 0.2) is 53.0 Å². The van der Waals surface area contributed by atoms with Crippen LogP contribution in [0.25, 0.3) is 0 Å². The molecule has 0 bridgehead atoms. The largest absolute Gasteiger partial charge is 0.497 e. The second-order valence-electron chi connectivity index (χ2n) is 4.30. The van der Waals surface area contributed by atoms with Crippen molar-refractivity contribution in [3.63, 3.8) is 0 Å². The summed E-state index contributed by atoms with van der Waals surface area (Å²) in [5, 5.41) is 0. The summed E-state index contributed by atoms with van der Waals surface area (Å²) in [5.74, 6) is 0.875. The van der Waals surface area contributed by atoms with Crippen LogP contribution >= 0.6 is 15.9 Å². The van der Waals surface area contributed by atoms with Crippen LogP contribution in [0.1, 0.15) is 23.3 Å². The van der Waals surface area contributed by atoms with Gasteiger partial charge in [-0.15, -0.1) is 0 Å². The standard InChI is InChI=1S/C15H13BrO2/c1-17-13-8-4-11(5-9-13)15-14(18-15)10-2-6-12(16)7-3-10/h2-9,14-15H,1H3. The number of epoxide rings is 1. The molecule has 0 aliphatic carbocycles. The fourth-order valence-corrected chi connectivity index (χ4v) is 2.33. The van der Waals surface area contributed by atoms with E-state index in [9.17, 15) is 0 Å². The molecule has 2 atom stereocenters. The normalized spacial score (nSPS) is 21.7. The molecule has 3 heteroatoms. The van der Waals surface area contributed by atoms with Gasteiger partial charge in [0, 0.05) is 4.47 Å². The number of hydrogen-bond donors (Lipinski definition) is 0. The molecule has 2 aromatic carbocycles. The molecule has 3 rings (SSSR count). The zero-order valence-corrected chi connectivity index (χ0v) is 11.6. The summed E-state index contributed by atoms with van der Waals surface area (Å²) in [7, 11) is 1.67. The fourth-order valence-electron chi connectivity index (χ4n) is 2.07. The van der Waals surface area contributed by atoms with Gasteiger partial charge in [0.05, 0.1) is 7.11 Å². The van der Waals surface area contributed by atoms with E-state index in [4.69, 9.17) is 9.47 Å². The van der Waals surface area contributed by atoms with Crippen molar-refractivity contribution >= 4 is 15.9 Å². The predicted molar refractivity (Wildman–Crippen MR) is 73.7 cm³/mol. The predicted octanol–water partition coefficient (Wildman–Crippen LogP) is 4.27. The highest BCUT2D eigenvalue weighted by molar-refractivity contribution is 9.10. The Morgan fingerprint density at radius 1 is 0.889 bits per heavy atom. The first-order valence-electron chi connectivity index (χ1n) is 5.83. The van der Waals surface area contributed by atoms with E-state index in [1.165, 1.54) is 11.1 Å². The van der Waals surface area contributed by atoms with Crippen LogP contribution in [0, 0.1) is 0 Å². The van der Waals surface area contributed by atoms with Crippen molar-refractivity contribution in [2.24, 2.45) is 0 Å². The summed E-state index contributed by atoms with van der Waals surface area (Å²) < 4.78 is 12.0. The van der Waals surface area contributed by atoms with Gasteiger partial charge in [-0.2, -0.15) is 0 Å². The smallest absolute Gasteiger partial charge is 0.118 e. The molecular formula is C15H13BrO2. The number of hydrogen-bond acceptors (Lipinski definition) is 2.